The average molecular weight is 320 g/mol. The highest BCUT2D eigenvalue weighted by atomic mass is 16.5. The Hall–Kier alpha value is -2.11. The first-order chi connectivity index (χ1) is 11.1. The number of nitrogens with one attached hydrogen (secondary N) is 1. The van der Waals surface area contributed by atoms with E-state index in [1.807, 2.05) is 12.1 Å². The quantitative estimate of drug-likeness (QED) is 0.869. The van der Waals surface area contributed by atoms with Gasteiger partial charge in [0.05, 0.1) is 37.6 Å². The Morgan fingerprint density at radius 3 is 2.52 bits per heavy atom. The van der Waals surface area contributed by atoms with E-state index in [1.165, 1.54) is 12.8 Å². The SMILES string of the molecule is COc1cc2c(cc1OC)N(CCC(=O)O)CC1(CCCC1)N2. The monoisotopic (exact) mass is 320 g/mol. The van der Waals surface area contributed by atoms with Crippen LogP contribution in [0.15, 0.2) is 12.1 Å². The van der Waals surface area contributed by atoms with Crippen LogP contribution in [0.3, 0.4) is 0 Å². The number of carbonyl (C=O) groups is 1. The maximum absolute atomic E-state index is 11.0. The molecule has 1 aromatic carbocycles. The first kappa shape index (κ1) is 15.8. The zero-order valence-electron chi connectivity index (χ0n) is 13.7. The molecule has 0 bridgehead atoms. The van der Waals surface area contributed by atoms with E-state index >= 15 is 0 Å². The molecule has 1 heterocycles. The van der Waals surface area contributed by atoms with Crippen molar-refractivity contribution in [2.45, 2.75) is 37.6 Å². The van der Waals surface area contributed by atoms with Gasteiger partial charge in [0.1, 0.15) is 0 Å². The zero-order valence-corrected chi connectivity index (χ0v) is 13.7. The van der Waals surface area contributed by atoms with Crippen LogP contribution in [0.5, 0.6) is 11.5 Å². The number of benzene rings is 1. The van der Waals surface area contributed by atoms with Crippen LogP contribution in [0.2, 0.25) is 0 Å². The van der Waals surface area contributed by atoms with E-state index in [9.17, 15) is 4.79 Å². The first-order valence-corrected chi connectivity index (χ1v) is 8.08. The Bertz CT molecular complexity index is 597. The molecule has 3 rings (SSSR count). The number of carboxylic acid groups (broad SMARTS) is 1. The third-order valence-corrected chi connectivity index (χ3v) is 4.89. The molecule has 126 valence electrons. The Labute approximate surface area is 136 Å². The second kappa shape index (κ2) is 6.18. The fourth-order valence-corrected chi connectivity index (χ4v) is 3.77. The van der Waals surface area contributed by atoms with Gasteiger partial charge < -0.3 is 24.8 Å². The lowest BCUT2D eigenvalue weighted by molar-refractivity contribution is -0.136. The molecule has 1 saturated carbocycles. The van der Waals surface area contributed by atoms with Gasteiger partial charge in [0.15, 0.2) is 11.5 Å². The van der Waals surface area contributed by atoms with Crippen molar-refractivity contribution < 1.29 is 19.4 Å². The van der Waals surface area contributed by atoms with E-state index < -0.39 is 5.97 Å². The molecule has 6 heteroatoms. The topological polar surface area (TPSA) is 71.0 Å². The Morgan fingerprint density at radius 1 is 1.26 bits per heavy atom. The second-order valence-electron chi connectivity index (χ2n) is 6.40. The van der Waals surface area contributed by atoms with Gasteiger partial charge in [0.25, 0.3) is 0 Å². The summed E-state index contributed by atoms with van der Waals surface area (Å²) in [6.07, 6.45) is 4.78. The molecule has 6 nitrogen and oxygen atoms in total. The van der Waals surface area contributed by atoms with Crippen LogP contribution in [0.25, 0.3) is 0 Å². The molecule has 0 amide bonds. The lowest BCUT2D eigenvalue weighted by Gasteiger charge is -2.44. The van der Waals surface area contributed by atoms with Gasteiger partial charge in [-0.2, -0.15) is 0 Å². The van der Waals surface area contributed by atoms with E-state index in [4.69, 9.17) is 14.6 Å². The summed E-state index contributed by atoms with van der Waals surface area (Å²) in [5.41, 5.74) is 2.04. The van der Waals surface area contributed by atoms with Crippen molar-refractivity contribution in [2.24, 2.45) is 0 Å². The fourth-order valence-electron chi connectivity index (χ4n) is 3.77. The van der Waals surface area contributed by atoms with Crippen molar-refractivity contribution in [3.8, 4) is 11.5 Å². The van der Waals surface area contributed by atoms with Crippen LogP contribution in [0.1, 0.15) is 32.1 Å². The minimum Gasteiger partial charge on any atom is -0.493 e. The van der Waals surface area contributed by atoms with Crippen LogP contribution >= 0.6 is 0 Å². The number of nitrogens with zero attached hydrogens (tertiary/aromatic N) is 1. The van der Waals surface area contributed by atoms with Crippen molar-refractivity contribution in [3.63, 3.8) is 0 Å². The highest BCUT2D eigenvalue weighted by Crippen LogP contribution is 2.46. The van der Waals surface area contributed by atoms with Gasteiger partial charge in [-0.15, -0.1) is 0 Å². The minimum atomic E-state index is -0.772. The third kappa shape index (κ3) is 3.02. The maximum atomic E-state index is 11.0. The predicted octanol–water partition coefficient (Wildman–Crippen LogP) is 2.72. The summed E-state index contributed by atoms with van der Waals surface area (Å²) >= 11 is 0. The molecule has 1 fully saturated rings. The van der Waals surface area contributed by atoms with Crippen LogP contribution < -0.4 is 19.7 Å². The van der Waals surface area contributed by atoms with E-state index in [0.717, 1.165) is 30.8 Å². The summed E-state index contributed by atoms with van der Waals surface area (Å²) in [5.74, 6) is 0.578. The largest absolute Gasteiger partial charge is 0.493 e. The molecule has 0 atom stereocenters. The fraction of sp³-hybridized carbons (Fsp3) is 0.588. The highest BCUT2D eigenvalue weighted by Gasteiger charge is 2.40. The number of hydrogen-bond acceptors (Lipinski definition) is 5. The van der Waals surface area contributed by atoms with Crippen LogP contribution in [0.4, 0.5) is 11.4 Å². The lowest BCUT2D eigenvalue weighted by Crippen LogP contribution is -2.51. The lowest BCUT2D eigenvalue weighted by atomic mass is 9.92. The molecule has 2 aliphatic rings. The van der Waals surface area contributed by atoms with E-state index in [-0.39, 0.29) is 12.0 Å². The number of methoxy groups -OCH3 is 2. The summed E-state index contributed by atoms with van der Waals surface area (Å²) in [7, 11) is 3.24. The second-order valence-corrected chi connectivity index (χ2v) is 6.40. The minimum absolute atomic E-state index is 0.0467. The number of aliphatic carboxylic acids is 1. The molecule has 0 saturated heterocycles. The van der Waals surface area contributed by atoms with Crippen LogP contribution in [-0.2, 0) is 4.79 Å². The van der Waals surface area contributed by atoms with Gasteiger partial charge in [0.2, 0.25) is 0 Å². The maximum Gasteiger partial charge on any atom is 0.305 e. The molecule has 0 aromatic heterocycles. The van der Waals surface area contributed by atoms with Gasteiger partial charge in [-0.1, -0.05) is 12.8 Å². The van der Waals surface area contributed by atoms with E-state index in [0.29, 0.717) is 18.0 Å². The van der Waals surface area contributed by atoms with Crippen molar-refractivity contribution >= 4 is 17.3 Å². The summed E-state index contributed by atoms with van der Waals surface area (Å²) in [5, 5.41) is 12.7. The zero-order chi connectivity index (χ0) is 16.4. The molecule has 1 spiro atoms. The highest BCUT2D eigenvalue weighted by molar-refractivity contribution is 5.79. The Balaban J connectivity index is 1.98. The summed E-state index contributed by atoms with van der Waals surface area (Å²) in [6, 6.07) is 3.89. The molecular weight excluding hydrogens is 296 g/mol. The number of rotatable bonds is 5. The normalized spacial score (nSPS) is 18.4. The van der Waals surface area contributed by atoms with Crippen LogP contribution in [0, 0.1) is 0 Å². The smallest absolute Gasteiger partial charge is 0.305 e. The van der Waals surface area contributed by atoms with Gasteiger partial charge in [-0.25, -0.2) is 0 Å². The molecule has 2 N–H and O–H groups in total. The Kier molecular flexibility index (Phi) is 4.24. The number of ether oxygens (including phenoxy) is 2. The summed E-state index contributed by atoms with van der Waals surface area (Å²) < 4.78 is 10.8. The van der Waals surface area contributed by atoms with Gasteiger partial charge in [-0.05, 0) is 12.8 Å². The molecule has 0 unspecified atom stereocenters. The third-order valence-electron chi connectivity index (χ3n) is 4.89. The molecule has 1 aromatic rings. The number of fused-ring (bicyclic) bond motifs is 1. The number of anilines is 2. The van der Waals surface area contributed by atoms with Crippen molar-refractivity contribution in [2.75, 3.05) is 37.5 Å². The summed E-state index contributed by atoms with van der Waals surface area (Å²) in [6.45, 7) is 1.34. The predicted molar refractivity (Wildman–Crippen MR) is 88.8 cm³/mol. The van der Waals surface area contributed by atoms with Crippen LogP contribution in [-0.4, -0.2) is 43.9 Å². The molecular formula is C17H24N2O4. The van der Waals surface area contributed by atoms with E-state index in [1.54, 1.807) is 14.2 Å². The summed E-state index contributed by atoms with van der Waals surface area (Å²) in [4.78, 5) is 13.2. The Morgan fingerprint density at radius 2 is 1.91 bits per heavy atom. The molecule has 1 aliphatic heterocycles. The van der Waals surface area contributed by atoms with Gasteiger partial charge in [-0.3, -0.25) is 4.79 Å². The van der Waals surface area contributed by atoms with Crippen molar-refractivity contribution in [1.29, 1.82) is 0 Å². The molecule has 23 heavy (non-hydrogen) atoms. The number of hydrogen-bond donors (Lipinski definition) is 2. The van der Waals surface area contributed by atoms with Gasteiger partial charge in [0, 0.05) is 25.2 Å². The average Bonchev–Trinajstić information content (AvgIpc) is 2.98. The van der Waals surface area contributed by atoms with Crippen molar-refractivity contribution in [1.82, 2.24) is 0 Å². The molecule has 0 radical (unpaired) electrons. The molecule has 1 aliphatic carbocycles. The van der Waals surface area contributed by atoms with Gasteiger partial charge >= 0.3 is 5.97 Å². The van der Waals surface area contributed by atoms with E-state index in [2.05, 4.69) is 10.2 Å². The first-order valence-electron chi connectivity index (χ1n) is 8.08. The van der Waals surface area contributed by atoms with Crippen molar-refractivity contribution in [3.05, 3.63) is 12.1 Å². The standard InChI is InChI=1S/C17H24N2O4/c1-22-14-9-12-13(10-15(14)23-2)19(8-5-16(20)21)11-17(18-12)6-3-4-7-17/h9-10,18H,3-8,11H2,1-2H3,(H,20,21). The number of carboxylic acids is 1.